The second-order valence-corrected chi connectivity index (χ2v) is 7.24. The van der Waals surface area contributed by atoms with E-state index in [1.165, 1.54) is 11.3 Å². The zero-order chi connectivity index (χ0) is 18.6. The van der Waals surface area contributed by atoms with E-state index >= 15 is 0 Å². The Morgan fingerprint density at radius 2 is 1.80 bits per heavy atom. The molecular weight excluding hydrogens is 336 g/mol. The highest BCUT2D eigenvalue weighted by molar-refractivity contribution is 7.14. The fourth-order valence-electron chi connectivity index (χ4n) is 2.61. The van der Waals surface area contributed by atoms with Gasteiger partial charge in [-0.15, -0.1) is 11.3 Å². The van der Waals surface area contributed by atoms with Crippen molar-refractivity contribution in [3.8, 4) is 0 Å². The number of hydrogen-bond donors (Lipinski definition) is 2. The number of anilines is 2. The standard InChI is InChI=1S/C18H24N4O2S/c1-11(2)22(12(3)4)16(23)15-10-25-18(20-15)21-17(24)19-14-8-6-7-13(5)9-14/h6-12H,1-5H3,(H2,19,20,21,24). The quantitative estimate of drug-likeness (QED) is 0.832. The van der Waals surface area contributed by atoms with Gasteiger partial charge in [-0.3, -0.25) is 10.1 Å². The first-order valence-electron chi connectivity index (χ1n) is 8.20. The second kappa shape index (κ2) is 8.11. The summed E-state index contributed by atoms with van der Waals surface area (Å²) in [6, 6.07) is 7.29. The van der Waals surface area contributed by atoms with Crippen LogP contribution in [-0.4, -0.2) is 33.9 Å². The van der Waals surface area contributed by atoms with Crippen LogP contribution in [0.15, 0.2) is 29.6 Å². The molecule has 1 aromatic heterocycles. The lowest BCUT2D eigenvalue weighted by Crippen LogP contribution is -2.42. The number of thiazole rings is 1. The average Bonchev–Trinajstić information content (AvgIpc) is 2.94. The molecule has 0 bridgehead atoms. The van der Waals surface area contributed by atoms with Crippen molar-refractivity contribution in [3.05, 3.63) is 40.9 Å². The van der Waals surface area contributed by atoms with E-state index in [0.29, 0.717) is 16.5 Å². The van der Waals surface area contributed by atoms with Crippen molar-refractivity contribution in [2.24, 2.45) is 0 Å². The Kier molecular flexibility index (Phi) is 6.14. The number of aromatic nitrogens is 1. The molecule has 0 aliphatic heterocycles. The van der Waals surface area contributed by atoms with Gasteiger partial charge < -0.3 is 10.2 Å². The zero-order valence-corrected chi connectivity index (χ0v) is 16.0. The van der Waals surface area contributed by atoms with Crippen LogP contribution in [0.1, 0.15) is 43.7 Å². The fourth-order valence-corrected chi connectivity index (χ4v) is 3.29. The van der Waals surface area contributed by atoms with E-state index in [9.17, 15) is 9.59 Å². The summed E-state index contributed by atoms with van der Waals surface area (Å²) >= 11 is 1.23. The lowest BCUT2D eigenvalue weighted by Gasteiger charge is -2.30. The maximum atomic E-state index is 12.6. The van der Waals surface area contributed by atoms with E-state index in [4.69, 9.17) is 0 Å². The Morgan fingerprint density at radius 1 is 1.12 bits per heavy atom. The van der Waals surface area contributed by atoms with Gasteiger partial charge in [0, 0.05) is 23.2 Å². The van der Waals surface area contributed by atoms with Gasteiger partial charge in [-0.25, -0.2) is 9.78 Å². The number of urea groups is 1. The molecule has 134 valence electrons. The molecule has 0 atom stereocenters. The Balaban J connectivity index is 2.03. The van der Waals surface area contributed by atoms with E-state index in [1.54, 1.807) is 10.3 Å². The van der Waals surface area contributed by atoms with Crippen LogP contribution in [0, 0.1) is 6.92 Å². The minimum atomic E-state index is -0.386. The van der Waals surface area contributed by atoms with Gasteiger partial charge in [-0.2, -0.15) is 0 Å². The SMILES string of the molecule is Cc1cccc(NC(=O)Nc2nc(C(=O)N(C(C)C)C(C)C)cs2)c1. The van der Waals surface area contributed by atoms with Gasteiger partial charge in [0.1, 0.15) is 5.69 Å². The fraction of sp³-hybridized carbons (Fsp3) is 0.389. The molecule has 1 aromatic carbocycles. The van der Waals surface area contributed by atoms with Gasteiger partial charge in [0.2, 0.25) is 0 Å². The minimum absolute atomic E-state index is 0.0789. The third-order valence-electron chi connectivity index (χ3n) is 3.57. The predicted octanol–water partition coefficient (Wildman–Crippen LogP) is 4.35. The van der Waals surface area contributed by atoms with Crippen LogP contribution in [0.25, 0.3) is 0 Å². The average molecular weight is 360 g/mol. The highest BCUT2D eigenvalue weighted by atomic mass is 32.1. The van der Waals surface area contributed by atoms with Crippen molar-refractivity contribution >= 4 is 34.1 Å². The summed E-state index contributed by atoms with van der Waals surface area (Å²) in [6.45, 7) is 9.84. The Morgan fingerprint density at radius 3 is 2.40 bits per heavy atom. The van der Waals surface area contributed by atoms with Crippen molar-refractivity contribution in [2.75, 3.05) is 10.6 Å². The molecule has 0 spiro atoms. The lowest BCUT2D eigenvalue weighted by molar-refractivity contribution is 0.0638. The Bertz CT molecular complexity index is 747. The minimum Gasteiger partial charge on any atom is -0.332 e. The first-order valence-corrected chi connectivity index (χ1v) is 9.08. The van der Waals surface area contributed by atoms with Gasteiger partial charge in [0.25, 0.3) is 5.91 Å². The molecule has 0 aliphatic carbocycles. The smallest absolute Gasteiger partial charge is 0.325 e. The number of carbonyl (C=O) groups excluding carboxylic acids is 2. The Labute approximate surface area is 152 Å². The van der Waals surface area contributed by atoms with E-state index < -0.39 is 0 Å². The number of nitrogens with zero attached hydrogens (tertiary/aromatic N) is 2. The van der Waals surface area contributed by atoms with E-state index in [1.807, 2.05) is 58.9 Å². The van der Waals surface area contributed by atoms with E-state index in [0.717, 1.165) is 5.56 Å². The van der Waals surface area contributed by atoms with Crippen LogP contribution in [0.2, 0.25) is 0 Å². The number of benzene rings is 1. The molecule has 0 saturated heterocycles. The molecule has 2 aromatic rings. The summed E-state index contributed by atoms with van der Waals surface area (Å²) in [5.74, 6) is -0.131. The highest BCUT2D eigenvalue weighted by Crippen LogP contribution is 2.19. The summed E-state index contributed by atoms with van der Waals surface area (Å²) in [5.41, 5.74) is 2.11. The van der Waals surface area contributed by atoms with E-state index in [-0.39, 0.29) is 24.0 Å². The van der Waals surface area contributed by atoms with Gasteiger partial charge in [0.15, 0.2) is 5.13 Å². The highest BCUT2D eigenvalue weighted by Gasteiger charge is 2.24. The lowest BCUT2D eigenvalue weighted by atomic mass is 10.2. The van der Waals surface area contributed by atoms with Crippen LogP contribution in [0.3, 0.4) is 0 Å². The van der Waals surface area contributed by atoms with Gasteiger partial charge in [-0.1, -0.05) is 12.1 Å². The number of carbonyl (C=O) groups is 2. The maximum absolute atomic E-state index is 12.6. The predicted molar refractivity (Wildman–Crippen MR) is 102 cm³/mol. The summed E-state index contributed by atoms with van der Waals surface area (Å²) in [7, 11) is 0. The molecule has 2 N–H and O–H groups in total. The summed E-state index contributed by atoms with van der Waals surface area (Å²) < 4.78 is 0. The van der Waals surface area contributed by atoms with Crippen molar-refractivity contribution in [1.29, 1.82) is 0 Å². The van der Waals surface area contributed by atoms with Gasteiger partial charge in [-0.05, 0) is 52.3 Å². The van der Waals surface area contributed by atoms with Crippen molar-refractivity contribution in [1.82, 2.24) is 9.88 Å². The van der Waals surface area contributed by atoms with Gasteiger partial charge in [0.05, 0.1) is 0 Å². The maximum Gasteiger partial charge on any atom is 0.325 e. The van der Waals surface area contributed by atoms with Crippen LogP contribution in [-0.2, 0) is 0 Å². The van der Waals surface area contributed by atoms with Crippen LogP contribution < -0.4 is 10.6 Å². The third kappa shape index (κ3) is 5.03. The summed E-state index contributed by atoms with van der Waals surface area (Å²) in [4.78, 5) is 30.7. The topological polar surface area (TPSA) is 74.3 Å². The summed E-state index contributed by atoms with van der Waals surface area (Å²) in [6.07, 6.45) is 0. The monoisotopic (exact) mass is 360 g/mol. The number of nitrogens with one attached hydrogen (secondary N) is 2. The first kappa shape index (κ1) is 18.9. The number of amides is 3. The Hall–Kier alpha value is -2.41. The molecule has 3 amide bonds. The number of rotatable bonds is 5. The molecule has 0 saturated carbocycles. The molecule has 0 unspecified atom stereocenters. The molecular formula is C18H24N4O2S. The van der Waals surface area contributed by atoms with Gasteiger partial charge >= 0.3 is 6.03 Å². The molecule has 0 radical (unpaired) electrons. The zero-order valence-electron chi connectivity index (χ0n) is 15.2. The van der Waals surface area contributed by atoms with Crippen LogP contribution in [0.4, 0.5) is 15.6 Å². The number of hydrogen-bond acceptors (Lipinski definition) is 4. The van der Waals surface area contributed by atoms with Crippen LogP contribution in [0.5, 0.6) is 0 Å². The van der Waals surface area contributed by atoms with Crippen molar-refractivity contribution in [2.45, 2.75) is 46.7 Å². The number of aryl methyl sites for hydroxylation is 1. The first-order chi connectivity index (χ1) is 11.8. The molecule has 2 rings (SSSR count). The van der Waals surface area contributed by atoms with Crippen molar-refractivity contribution < 1.29 is 9.59 Å². The molecule has 0 fully saturated rings. The van der Waals surface area contributed by atoms with E-state index in [2.05, 4.69) is 15.6 Å². The second-order valence-electron chi connectivity index (χ2n) is 6.39. The largest absolute Gasteiger partial charge is 0.332 e. The molecule has 0 aliphatic rings. The van der Waals surface area contributed by atoms with Crippen LogP contribution >= 0.6 is 11.3 Å². The third-order valence-corrected chi connectivity index (χ3v) is 4.32. The molecule has 7 heteroatoms. The molecule has 25 heavy (non-hydrogen) atoms. The molecule has 1 heterocycles. The summed E-state index contributed by atoms with van der Waals surface area (Å²) in [5, 5.41) is 7.48. The molecule has 6 nitrogen and oxygen atoms in total. The van der Waals surface area contributed by atoms with Crippen molar-refractivity contribution in [3.63, 3.8) is 0 Å². The normalized spacial score (nSPS) is 10.8.